The highest BCUT2D eigenvalue weighted by molar-refractivity contribution is 7.89. The number of rotatable bonds is 6. The van der Waals surface area contributed by atoms with Gasteiger partial charge in [-0.1, -0.05) is 61.7 Å². The number of urea groups is 1. The lowest BCUT2D eigenvalue weighted by molar-refractivity contribution is 0.124. The molecule has 1 fully saturated rings. The zero-order valence-corrected chi connectivity index (χ0v) is 19.6. The zero-order valence-electron chi connectivity index (χ0n) is 18.8. The van der Waals surface area contributed by atoms with Gasteiger partial charge in [0.05, 0.1) is 11.4 Å². The van der Waals surface area contributed by atoms with Crippen molar-refractivity contribution in [2.75, 3.05) is 12.8 Å². The minimum atomic E-state index is -3.98. The third-order valence-corrected chi connectivity index (χ3v) is 7.57. The molecule has 4 rings (SSSR count). The van der Waals surface area contributed by atoms with Gasteiger partial charge >= 0.3 is 6.03 Å². The maximum Gasteiger partial charge on any atom is 0.335 e. The van der Waals surface area contributed by atoms with Crippen LogP contribution in [0.25, 0.3) is 10.8 Å². The van der Waals surface area contributed by atoms with Crippen LogP contribution in [0.15, 0.2) is 71.6 Å². The Hall–Kier alpha value is -3.10. The summed E-state index contributed by atoms with van der Waals surface area (Å²) >= 11 is 0. The summed E-state index contributed by atoms with van der Waals surface area (Å²) in [5.74, 6) is 0. The fraction of sp³-hybridized carbons (Fsp3) is 0.320. The lowest BCUT2D eigenvalue weighted by Gasteiger charge is -2.35. The molecule has 3 N–H and O–H groups in total. The van der Waals surface area contributed by atoms with Crippen LogP contribution in [-0.4, -0.2) is 37.4 Å². The van der Waals surface area contributed by atoms with Crippen LogP contribution in [0.1, 0.15) is 37.7 Å². The molecule has 0 spiro atoms. The number of hydrogen-bond acceptors (Lipinski definition) is 4. The lowest BCUT2D eigenvalue weighted by atomic mass is 9.95. The van der Waals surface area contributed by atoms with E-state index in [1.807, 2.05) is 24.3 Å². The number of carbonyl (C=O) groups excluding carboxylic acids is 1. The number of amides is 2. The van der Waals surface area contributed by atoms with Crippen molar-refractivity contribution in [2.45, 2.75) is 49.6 Å². The molecule has 1 aliphatic rings. The van der Waals surface area contributed by atoms with E-state index >= 15 is 0 Å². The van der Waals surface area contributed by atoms with Crippen LogP contribution >= 0.6 is 0 Å². The number of benzene rings is 3. The number of sulfonamides is 1. The number of nitrogens with two attached hydrogens (primary N) is 1. The normalized spacial score (nSPS) is 14.8. The third-order valence-electron chi connectivity index (χ3n) is 6.24. The average molecular weight is 467 g/mol. The van der Waals surface area contributed by atoms with Crippen molar-refractivity contribution in [3.05, 3.63) is 72.3 Å². The van der Waals surface area contributed by atoms with Crippen molar-refractivity contribution in [2.24, 2.45) is 0 Å². The SMILES string of the molecule is CN(C(=O)N(Cc1ccc(N)cc1)NS(=O)(=O)c1ccc2ccccc2c1)C1CCCCC1. The molecule has 8 heteroatoms. The van der Waals surface area contributed by atoms with E-state index in [2.05, 4.69) is 4.83 Å². The van der Waals surface area contributed by atoms with Crippen LogP contribution in [0.2, 0.25) is 0 Å². The molecule has 3 aromatic rings. The quantitative estimate of drug-likeness (QED) is 0.413. The van der Waals surface area contributed by atoms with Gasteiger partial charge in [0.15, 0.2) is 0 Å². The smallest absolute Gasteiger partial charge is 0.335 e. The van der Waals surface area contributed by atoms with Crippen molar-refractivity contribution in [1.29, 1.82) is 0 Å². The highest BCUT2D eigenvalue weighted by atomic mass is 32.2. The highest BCUT2D eigenvalue weighted by Gasteiger charge is 2.29. The second-order valence-corrected chi connectivity index (χ2v) is 10.3. The molecular formula is C25H30N4O3S. The van der Waals surface area contributed by atoms with Crippen LogP contribution < -0.4 is 10.6 Å². The Morgan fingerprint density at radius 2 is 1.64 bits per heavy atom. The summed E-state index contributed by atoms with van der Waals surface area (Å²) in [4.78, 5) is 17.7. The molecule has 0 unspecified atom stereocenters. The topological polar surface area (TPSA) is 95.7 Å². The van der Waals surface area contributed by atoms with Crippen molar-refractivity contribution in [1.82, 2.24) is 14.7 Å². The molecule has 174 valence electrons. The molecule has 0 heterocycles. The summed E-state index contributed by atoms with van der Waals surface area (Å²) < 4.78 is 26.6. The first-order valence-corrected chi connectivity index (χ1v) is 12.7. The predicted octanol–water partition coefficient (Wildman–Crippen LogP) is 4.50. The summed E-state index contributed by atoms with van der Waals surface area (Å²) in [7, 11) is -2.24. The minimum absolute atomic E-state index is 0.0863. The van der Waals surface area contributed by atoms with E-state index in [4.69, 9.17) is 5.73 Å². The second-order valence-electron chi connectivity index (χ2n) is 8.62. The fourth-order valence-electron chi connectivity index (χ4n) is 4.29. The molecule has 0 radical (unpaired) electrons. The number of nitrogens with one attached hydrogen (secondary N) is 1. The third kappa shape index (κ3) is 5.46. The van der Waals surface area contributed by atoms with Crippen molar-refractivity contribution in [3.8, 4) is 0 Å². The summed E-state index contributed by atoms with van der Waals surface area (Å²) in [6, 6.07) is 19.3. The first-order chi connectivity index (χ1) is 15.8. The van der Waals surface area contributed by atoms with E-state index in [1.165, 1.54) is 11.4 Å². The molecule has 3 aromatic carbocycles. The molecular weight excluding hydrogens is 436 g/mol. The van der Waals surface area contributed by atoms with Gasteiger partial charge in [0.25, 0.3) is 10.0 Å². The number of nitrogen functional groups attached to an aromatic ring is 1. The Balaban J connectivity index is 1.62. The van der Waals surface area contributed by atoms with Gasteiger partial charge in [0.2, 0.25) is 0 Å². The van der Waals surface area contributed by atoms with Gasteiger partial charge in [-0.2, -0.15) is 0 Å². The average Bonchev–Trinajstić information content (AvgIpc) is 2.84. The summed E-state index contributed by atoms with van der Waals surface area (Å²) in [5, 5.41) is 2.95. The van der Waals surface area contributed by atoms with E-state index in [0.717, 1.165) is 42.0 Å². The second kappa shape index (κ2) is 9.80. The number of hydrogen-bond donors (Lipinski definition) is 2. The van der Waals surface area contributed by atoms with Crippen LogP contribution in [0, 0.1) is 0 Å². The number of hydrazine groups is 1. The molecule has 2 amide bonds. The van der Waals surface area contributed by atoms with E-state index in [-0.39, 0.29) is 23.5 Å². The Morgan fingerprint density at radius 3 is 2.33 bits per heavy atom. The first kappa shape index (κ1) is 23.1. The maximum absolute atomic E-state index is 13.4. The van der Waals surface area contributed by atoms with Crippen LogP contribution in [0.4, 0.5) is 10.5 Å². The van der Waals surface area contributed by atoms with Crippen LogP contribution in [0.3, 0.4) is 0 Å². The zero-order chi connectivity index (χ0) is 23.4. The molecule has 0 aromatic heterocycles. The largest absolute Gasteiger partial charge is 0.399 e. The van der Waals surface area contributed by atoms with Crippen molar-refractivity contribution < 1.29 is 13.2 Å². The molecule has 33 heavy (non-hydrogen) atoms. The monoisotopic (exact) mass is 466 g/mol. The Kier molecular flexibility index (Phi) is 6.85. The summed E-state index contributed by atoms with van der Waals surface area (Å²) in [5.41, 5.74) is 7.16. The summed E-state index contributed by atoms with van der Waals surface area (Å²) in [6.07, 6.45) is 5.17. The molecule has 0 bridgehead atoms. The number of carbonyl (C=O) groups is 1. The van der Waals surface area contributed by atoms with Gasteiger partial charge in [0, 0.05) is 18.8 Å². The van der Waals surface area contributed by atoms with Crippen molar-refractivity contribution in [3.63, 3.8) is 0 Å². The van der Waals surface area contributed by atoms with Gasteiger partial charge < -0.3 is 10.6 Å². The Bertz CT molecular complexity index is 1220. The fourth-order valence-corrected chi connectivity index (χ4v) is 5.36. The molecule has 1 saturated carbocycles. The van der Waals surface area contributed by atoms with Gasteiger partial charge in [0.1, 0.15) is 0 Å². The lowest BCUT2D eigenvalue weighted by Crippen LogP contribution is -2.53. The van der Waals surface area contributed by atoms with E-state index < -0.39 is 10.0 Å². The number of fused-ring (bicyclic) bond motifs is 1. The highest BCUT2D eigenvalue weighted by Crippen LogP contribution is 2.24. The van der Waals surface area contributed by atoms with E-state index in [1.54, 1.807) is 54.4 Å². The van der Waals surface area contributed by atoms with Gasteiger partial charge in [-0.15, -0.1) is 4.83 Å². The Morgan fingerprint density at radius 1 is 0.970 bits per heavy atom. The van der Waals surface area contributed by atoms with E-state index in [0.29, 0.717) is 5.69 Å². The predicted molar refractivity (Wildman–Crippen MR) is 131 cm³/mol. The van der Waals surface area contributed by atoms with Gasteiger partial charge in [-0.3, -0.25) is 0 Å². The molecule has 0 saturated heterocycles. The van der Waals surface area contributed by atoms with Crippen molar-refractivity contribution >= 4 is 32.5 Å². The molecule has 1 aliphatic carbocycles. The van der Waals surface area contributed by atoms with Gasteiger partial charge in [-0.25, -0.2) is 18.2 Å². The van der Waals surface area contributed by atoms with Gasteiger partial charge in [-0.05, 0) is 53.4 Å². The number of anilines is 1. The summed E-state index contributed by atoms with van der Waals surface area (Å²) in [6.45, 7) is 0.0863. The van der Waals surface area contributed by atoms with Crippen LogP contribution in [-0.2, 0) is 16.6 Å². The van der Waals surface area contributed by atoms with E-state index in [9.17, 15) is 13.2 Å². The minimum Gasteiger partial charge on any atom is -0.399 e. The molecule has 7 nitrogen and oxygen atoms in total. The molecule has 0 aliphatic heterocycles. The van der Waals surface area contributed by atoms with Crippen LogP contribution in [0.5, 0.6) is 0 Å². The maximum atomic E-state index is 13.4. The Labute approximate surface area is 195 Å². The standard InChI is InChI=1S/C25H30N4O3S/c1-28(23-9-3-2-4-10-23)25(30)29(18-19-11-14-22(26)15-12-19)27-33(31,32)24-16-13-20-7-5-6-8-21(20)17-24/h5-8,11-17,23,27H,2-4,9-10,18,26H2,1H3. The number of nitrogens with zero attached hydrogens (tertiary/aromatic N) is 2. The molecule has 0 atom stereocenters. The first-order valence-electron chi connectivity index (χ1n) is 11.2.